The van der Waals surface area contributed by atoms with E-state index in [1.54, 1.807) is 12.1 Å². The van der Waals surface area contributed by atoms with E-state index in [-0.39, 0.29) is 24.6 Å². The Labute approximate surface area is 119 Å². The Kier molecular flexibility index (Phi) is 4.68. The summed E-state index contributed by atoms with van der Waals surface area (Å²) in [6.45, 7) is 0.262. The van der Waals surface area contributed by atoms with E-state index in [0.717, 1.165) is 0 Å². The zero-order valence-electron chi connectivity index (χ0n) is 10.1. The van der Waals surface area contributed by atoms with E-state index >= 15 is 0 Å². The first-order valence-corrected chi connectivity index (χ1v) is 6.62. The molecule has 0 spiro atoms. The average molecular weight is 323 g/mol. The summed E-state index contributed by atoms with van der Waals surface area (Å²) in [4.78, 5) is 11.8. The molecule has 0 aliphatic rings. The molecule has 0 aliphatic carbocycles. The third kappa shape index (κ3) is 3.89. The smallest absolute Gasteiger partial charge is 0.166 e. The molecule has 0 heterocycles. The van der Waals surface area contributed by atoms with E-state index in [9.17, 15) is 9.18 Å². The van der Waals surface area contributed by atoms with Gasteiger partial charge in [0.15, 0.2) is 5.78 Å². The molecule has 0 unspecified atom stereocenters. The van der Waals surface area contributed by atoms with Gasteiger partial charge in [-0.25, -0.2) is 4.39 Å². The van der Waals surface area contributed by atoms with Crippen molar-refractivity contribution in [3.8, 4) is 5.75 Å². The van der Waals surface area contributed by atoms with Gasteiger partial charge in [-0.05, 0) is 34.1 Å². The molecule has 0 amide bonds. The maximum Gasteiger partial charge on any atom is 0.166 e. The fourth-order valence-electron chi connectivity index (χ4n) is 1.61. The molecule has 0 fully saturated rings. The van der Waals surface area contributed by atoms with Crippen molar-refractivity contribution >= 4 is 21.7 Å². The minimum Gasteiger partial charge on any atom is -0.492 e. The van der Waals surface area contributed by atoms with Crippen LogP contribution in [0, 0.1) is 5.82 Å². The highest BCUT2D eigenvalue weighted by atomic mass is 79.9. The van der Waals surface area contributed by atoms with Crippen molar-refractivity contribution in [1.29, 1.82) is 0 Å². The van der Waals surface area contributed by atoms with E-state index in [4.69, 9.17) is 4.74 Å². The first-order valence-electron chi connectivity index (χ1n) is 5.83. The van der Waals surface area contributed by atoms with Gasteiger partial charge in [-0.1, -0.05) is 30.3 Å². The van der Waals surface area contributed by atoms with E-state index in [1.807, 2.05) is 18.2 Å². The number of carbonyl (C=O) groups is 1. The highest BCUT2D eigenvalue weighted by molar-refractivity contribution is 9.10. The SMILES string of the molecule is O=C(CCOc1ccc(F)cc1Br)c1ccccc1. The van der Waals surface area contributed by atoms with Gasteiger partial charge in [0.1, 0.15) is 11.6 Å². The van der Waals surface area contributed by atoms with E-state index < -0.39 is 0 Å². The van der Waals surface area contributed by atoms with Gasteiger partial charge in [-0.3, -0.25) is 4.79 Å². The fraction of sp³-hybridized carbons (Fsp3) is 0.133. The van der Waals surface area contributed by atoms with Crippen LogP contribution in [0.4, 0.5) is 4.39 Å². The third-order valence-electron chi connectivity index (χ3n) is 2.58. The number of rotatable bonds is 5. The van der Waals surface area contributed by atoms with Crippen LogP contribution in [0.25, 0.3) is 0 Å². The molecule has 0 saturated carbocycles. The number of ether oxygens (including phenoxy) is 1. The Balaban J connectivity index is 1.88. The van der Waals surface area contributed by atoms with Crippen molar-refractivity contribution in [2.24, 2.45) is 0 Å². The van der Waals surface area contributed by atoms with Crippen LogP contribution in [0.2, 0.25) is 0 Å². The summed E-state index contributed by atoms with van der Waals surface area (Å²) in [5.74, 6) is 0.223. The summed E-state index contributed by atoms with van der Waals surface area (Å²) in [5, 5.41) is 0. The average Bonchev–Trinajstić information content (AvgIpc) is 2.42. The predicted molar refractivity (Wildman–Crippen MR) is 75.0 cm³/mol. The van der Waals surface area contributed by atoms with Gasteiger partial charge in [-0.2, -0.15) is 0 Å². The zero-order chi connectivity index (χ0) is 13.7. The summed E-state index contributed by atoms with van der Waals surface area (Å²) in [7, 11) is 0. The quantitative estimate of drug-likeness (QED) is 0.769. The van der Waals surface area contributed by atoms with E-state index in [1.165, 1.54) is 18.2 Å². The Hall–Kier alpha value is -1.68. The van der Waals surface area contributed by atoms with Crippen molar-refractivity contribution in [2.75, 3.05) is 6.61 Å². The number of ketones is 1. The van der Waals surface area contributed by atoms with Gasteiger partial charge in [-0.15, -0.1) is 0 Å². The number of benzene rings is 2. The minimum absolute atomic E-state index is 0.0267. The Morgan fingerprint density at radius 2 is 1.89 bits per heavy atom. The highest BCUT2D eigenvalue weighted by Crippen LogP contribution is 2.25. The fourth-order valence-corrected chi connectivity index (χ4v) is 2.08. The van der Waals surface area contributed by atoms with E-state index in [2.05, 4.69) is 15.9 Å². The van der Waals surface area contributed by atoms with Crippen molar-refractivity contribution in [2.45, 2.75) is 6.42 Å². The van der Waals surface area contributed by atoms with Gasteiger partial charge in [0.25, 0.3) is 0 Å². The van der Waals surface area contributed by atoms with Crippen molar-refractivity contribution in [3.05, 3.63) is 64.4 Å². The van der Waals surface area contributed by atoms with Gasteiger partial charge < -0.3 is 4.74 Å². The topological polar surface area (TPSA) is 26.3 Å². The minimum atomic E-state index is -0.334. The van der Waals surface area contributed by atoms with Crippen LogP contribution in [0.1, 0.15) is 16.8 Å². The normalized spacial score (nSPS) is 10.2. The number of Topliss-reactive ketones (excluding diaryl/α,β-unsaturated/α-hetero) is 1. The summed E-state index contributed by atoms with van der Waals surface area (Å²) in [6, 6.07) is 13.2. The molecule has 98 valence electrons. The molecule has 0 bridgehead atoms. The first kappa shape index (κ1) is 13.7. The molecule has 0 radical (unpaired) electrons. The lowest BCUT2D eigenvalue weighted by molar-refractivity contribution is 0.0962. The molecule has 4 heteroatoms. The summed E-state index contributed by atoms with van der Waals surface area (Å²) in [5.41, 5.74) is 0.671. The number of carbonyl (C=O) groups excluding carboxylic acids is 1. The van der Waals surface area contributed by atoms with Crippen LogP contribution in [0.3, 0.4) is 0 Å². The molecular formula is C15H12BrFO2. The summed E-state index contributed by atoms with van der Waals surface area (Å²) in [6.07, 6.45) is 0.286. The van der Waals surface area contributed by atoms with Gasteiger partial charge >= 0.3 is 0 Å². The van der Waals surface area contributed by atoms with Crippen LogP contribution in [0.5, 0.6) is 5.75 Å². The van der Waals surface area contributed by atoms with Gasteiger partial charge in [0, 0.05) is 12.0 Å². The van der Waals surface area contributed by atoms with Gasteiger partial charge in [0.05, 0.1) is 11.1 Å². The standard InChI is InChI=1S/C15H12BrFO2/c16-13-10-12(17)6-7-15(13)19-9-8-14(18)11-4-2-1-3-5-11/h1-7,10H,8-9H2. The van der Waals surface area contributed by atoms with E-state index in [0.29, 0.717) is 15.8 Å². The molecule has 0 saturated heterocycles. The van der Waals surface area contributed by atoms with Crippen LogP contribution in [-0.4, -0.2) is 12.4 Å². The highest BCUT2D eigenvalue weighted by Gasteiger charge is 2.07. The summed E-state index contributed by atoms with van der Waals surface area (Å²) < 4.78 is 18.9. The van der Waals surface area contributed by atoms with Crippen molar-refractivity contribution in [3.63, 3.8) is 0 Å². The molecule has 0 aromatic heterocycles. The third-order valence-corrected chi connectivity index (χ3v) is 3.20. The number of hydrogen-bond acceptors (Lipinski definition) is 2. The Bertz CT molecular complexity index is 570. The molecular weight excluding hydrogens is 311 g/mol. The van der Waals surface area contributed by atoms with Crippen LogP contribution < -0.4 is 4.74 Å². The lowest BCUT2D eigenvalue weighted by Crippen LogP contribution is -2.06. The molecule has 0 N–H and O–H groups in total. The van der Waals surface area contributed by atoms with Crippen LogP contribution in [-0.2, 0) is 0 Å². The number of halogens is 2. The second-order valence-corrected chi connectivity index (χ2v) is 4.82. The maximum absolute atomic E-state index is 12.9. The monoisotopic (exact) mass is 322 g/mol. The first-order chi connectivity index (χ1) is 9.16. The molecule has 0 atom stereocenters. The molecule has 2 aromatic carbocycles. The largest absolute Gasteiger partial charge is 0.492 e. The molecule has 2 nitrogen and oxygen atoms in total. The zero-order valence-corrected chi connectivity index (χ0v) is 11.7. The second kappa shape index (κ2) is 6.48. The lowest BCUT2D eigenvalue weighted by atomic mass is 10.1. The Morgan fingerprint density at radius 3 is 2.58 bits per heavy atom. The molecule has 2 rings (SSSR count). The molecule has 2 aromatic rings. The molecule has 19 heavy (non-hydrogen) atoms. The van der Waals surface area contributed by atoms with Crippen molar-refractivity contribution < 1.29 is 13.9 Å². The number of hydrogen-bond donors (Lipinski definition) is 0. The van der Waals surface area contributed by atoms with Crippen LogP contribution in [0.15, 0.2) is 53.0 Å². The predicted octanol–water partition coefficient (Wildman–Crippen LogP) is 4.24. The maximum atomic E-state index is 12.9. The van der Waals surface area contributed by atoms with Gasteiger partial charge in [0.2, 0.25) is 0 Å². The molecule has 0 aliphatic heterocycles. The lowest BCUT2D eigenvalue weighted by Gasteiger charge is -2.07. The summed E-state index contributed by atoms with van der Waals surface area (Å²) >= 11 is 3.21. The Morgan fingerprint density at radius 1 is 1.16 bits per heavy atom. The second-order valence-electron chi connectivity index (χ2n) is 3.96. The van der Waals surface area contributed by atoms with Crippen molar-refractivity contribution in [1.82, 2.24) is 0 Å². The van der Waals surface area contributed by atoms with Crippen LogP contribution >= 0.6 is 15.9 Å².